The number of rotatable bonds is 17. The second-order valence-electron chi connectivity index (χ2n) is 7.84. The van der Waals surface area contributed by atoms with Crippen molar-refractivity contribution >= 4 is 16.0 Å². The highest BCUT2D eigenvalue weighted by Crippen LogP contribution is 2.13. The molecule has 0 saturated heterocycles. The van der Waals surface area contributed by atoms with Gasteiger partial charge in [0.05, 0.1) is 43.3 Å². The van der Waals surface area contributed by atoms with Crippen LogP contribution in [0.2, 0.25) is 0 Å². The number of amides is 1. The fourth-order valence-electron chi connectivity index (χ4n) is 3.24. The van der Waals surface area contributed by atoms with Crippen molar-refractivity contribution in [1.29, 1.82) is 0 Å². The highest BCUT2D eigenvalue weighted by molar-refractivity contribution is 7.85. The summed E-state index contributed by atoms with van der Waals surface area (Å²) in [4.78, 5) is 13.3. The van der Waals surface area contributed by atoms with E-state index in [2.05, 4.69) is 20.6 Å². The van der Waals surface area contributed by atoms with Gasteiger partial charge < -0.3 is 13.9 Å². The fourth-order valence-corrected chi connectivity index (χ4v) is 3.73. The van der Waals surface area contributed by atoms with Crippen molar-refractivity contribution in [2.45, 2.75) is 64.7 Å². The Morgan fingerprint density at radius 2 is 1.52 bits per heavy atom. The molecule has 0 aliphatic carbocycles. The summed E-state index contributed by atoms with van der Waals surface area (Å²) in [6.07, 6.45) is 11.6. The summed E-state index contributed by atoms with van der Waals surface area (Å²) in [5, 5.41) is 0. The van der Waals surface area contributed by atoms with E-state index < -0.39 is 10.1 Å². The molecule has 0 radical (unpaired) electrons. The predicted molar refractivity (Wildman–Crippen MR) is 110 cm³/mol. The third kappa shape index (κ3) is 14.8. The lowest BCUT2D eigenvalue weighted by molar-refractivity contribution is -0.909. The smallest absolute Gasteiger partial charge is 0.245 e. The van der Waals surface area contributed by atoms with Crippen molar-refractivity contribution < 1.29 is 22.2 Å². The molecule has 6 nitrogen and oxygen atoms in total. The molecule has 0 saturated carbocycles. The lowest BCUT2D eigenvalue weighted by Gasteiger charge is -2.36. The van der Waals surface area contributed by atoms with Gasteiger partial charge in [0.15, 0.2) is 0 Å². The molecule has 0 aliphatic rings. The van der Waals surface area contributed by atoms with Crippen molar-refractivity contribution in [3.63, 3.8) is 0 Å². The normalized spacial score (nSPS) is 13.9. The third-order valence-electron chi connectivity index (χ3n) is 5.17. The van der Waals surface area contributed by atoms with Crippen molar-refractivity contribution in [2.24, 2.45) is 0 Å². The van der Waals surface area contributed by atoms with Crippen LogP contribution in [-0.2, 0) is 14.9 Å². The maximum absolute atomic E-state index is 11.7. The summed E-state index contributed by atoms with van der Waals surface area (Å²) < 4.78 is 33.4. The highest BCUT2D eigenvalue weighted by Gasteiger charge is 2.22. The van der Waals surface area contributed by atoms with Gasteiger partial charge in [0.1, 0.15) is 0 Å². The van der Waals surface area contributed by atoms with Crippen molar-refractivity contribution in [1.82, 2.24) is 4.90 Å². The average Bonchev–Trinajstić information content (AvgIpc) is 2.60. The van der Waals surface area contributed by atoms with Gasteiger partial charge in [-0.2, -0.15) is 0 Å². The van der Waals surface area contributed by atoms with Crippen LogP contribution in [0.25, 0.3) is 0 Å². The summed E-state index contributed by atoms with van der Waals surface area (Å²) in [6.45, 7) is 8.62. The van der Waals surface area contributed by atoms with Gasteiger partial charge in [-0.05, 0) is 18.9 Å². The van der Waals surface area contributed by atoms with Crippen LogP contribution in [0, 0.1) is 0 Å². The van der Waals surface area contributed by atoms with E-state index in [1.807, 2.05) is 0 Å². The first kappa shape index (κ1) is 26.1. The Bertz CT molecular complexity index is 522. The molecule has 0 bridgehead atoms. The van der Waals surface area contributed by atoms with Crippen LogP contribution in [0.15, 0.2) is 12.7 Å². The number of nitrogens with zero attached hydrogens (tertiary/aromatic N) is 2. The molecule has 7 heteroatoms. The fraction of sp³-hybridized carbons (Fsp3) is 0.850. The van der Waals surface area contributed by atoms with Gasteiger partial charge >= 0.3 is 0 Å². The second kappa shape index (κ2) is 14.1. The van der Waals surface area contributed by atoms with Crippen molar-refractivity contribution in [3.8, 4) is 0 Å². The highest BCUT2D eigenvalue weighted by atomic mass is 32.2. The molecular formula is C20H40N2O4S. The number of carbonyl (C=O) groups is 1. The monoisotopic (exact) mass is 404 g/mol. The zero-order valence-electron chi connectivity index (χ0n) is 17.6. The van der Waals surface area contributed by atoms with Gasteiger partial charge in [0.2, 0.25) is 5.91 Å². The average molecular weight is 405 g/mol. The summed E-state index contributed by atoms with van der Waals surface area (Å²) >= 11 is 0. The zero-order valence-corrected chi connectivity index (χ0v) is 18.4. The number of hydrogen-bond acceptors (Lipinski definition) is 4. The quantitative estimate of drug-likeness (QED) is 0.161. The van der Waals surface area contributed by atoms with E-state index in [0.29, 0.717) is 24.0 Å². The van der Waals surface area contributed by atoms with Gasteiger partial charge in [-0.3, -0.25) is 4.79 Å². The molecule has 27 heavy (non-hydrogen) atoms. The minimum Gasteiger partial charge on any atom is -0.748 e. The first-order valence-electron chi connectivity index (χ1n) is 10.3. The molecule has 0 spiro atoms. The van der Waals surface area contributed by atoms with Gasteiger partial charge in [-0.25, -0.2) is 8.42 Å². The summed E-state index contributed by atoms with van der Waals surface area (Å²) in [6, 6.07) is 0. The topological polar surface area (TPSA) is 77.5 Å². The van der Waals surface area contributed by atoms with Gasteiger partial charge in [0, 0.05) is 19.2 Å². The van der Waals surface area contributed by atoms with Crippen LogP contribution < -0.4 is 0 Å². The van der Waals surface area contributed by atoms with E-state index >= 15 is 0 Å². The van der Waals surface area contributed by atoms with Crippen LogP contribution in [0.4, 0.5) is 0 Å². The van der Waals surface area contributed by atoms with E-state index in [4.69, 9.17) is 0 Å². The van der Waals surface area contributed by atoms with Gasteiger partial charge in [-0.15, -0.1) is 0 Å². The Morgan fingerprint density at radius 3 is 2.04 bits per heavy atom. The van der Waals surface area contributed by atoms with Crippen LogP contribution in [-0.4, -0.2) is 74.3 Å². The van der Waals surface area contributed by atoms with Crippen LogP contribution in [0.5, 0.6) is 0 Å². The van der Waals surface area contributed by atoms with Crippen molar-refractivity contribution in [2.75, 3.05) is 46.0 Å². The molecule has 0 fully saturated rings. The first-order chi connectivity index (χ1) is 12.6. The maximum atomic E-state index is 11.7. The minimum atomic E-state index is -4.17. The second-order valence-corrected chi connectivity index (χ2v) is 9.37. The van der Waals surface area contributed by atoms with E-state index in [1.54, 1.807) is 11.9 Å². The number of likely N-dealkylation sites (N-methyl/N-ethyl adjacent to an activating group) is 2. The Balaban J connectivity index is 4.41. The number of hydrogen-bond donors (Lipinski definition) is 0. The van der Waals surface area contributed by atoms with Crippen LogP contribution in [0.1, 0.15) is 64.7 Å². The van der Waals surface area contributed by atoms with E-state index in [-0.39, 0.29) is 11.7 Å². The largest absolute Gasteiger partial charge is 0.748 e. The minimum absolute atomic E-state index is 0.115. The molecule has 1 amide bonds. The maximum Gasteiger partial charge on any atom is 0.245 e. The summed E-state index contributed by atoms with van der Waals surface area (Å²) in [5.74, 6) is -0.435. The third-order valence-corrected chi connectivity index (χ3v) is 5.96. The zero-order chi connectivity index (χ0) is 20.8. The molecule has 160 valence electrons. The van der Waals surface area contributed by atoms with Crippen LogP contribution >= 0.6 is 0 Å². The van der Waals surface area contributed by atoms with E-state index in [0.717, 1.165) is 19.5 Å². The molecule has 1 unspecified atom stereocenters. The predicted octanol–water partition coefficient (Wildman–Crippen LogP) is 3.15. The molecule has 0 heterocycles. The van der Waals surface area contributed by atoms with Crippen molar-refractivity contribution in [3.05, 3.63) is 12.7 Å². The Hall–Kier alpha value is -0.920. The molecule has 1 atom stereocenters. The molecular weight excluding hydrogens is 364 g/mol. The molecule has 0 aromatic carbocycles. The molecule has 0 rings (SSSR count). The molecule has 0 N–H and O–H groups in total. The lowest BCUT2D eigenvalue weighted by Crippen LogP contribution is -2.50. The lowest BCUT2D eigenvalue weighted by atomic mass is 10.1. The SMILES string of the molecule is C=CC(=O)N(C)CC[N+](C)(CCCCCCCCCC)CCCS(=O)(=O)[O-]. The Labute approximate surface area is 167 Å². The number of carbonyl (C=O) groups excluding carboxylic acids is 1. The van der Waals surface area contributed by atoms with Crippen LogP contribution in [0.3, 0.4) is 0 Å². The summed E-state index contributed by atoms with van der Waals surface area (Å²) in [5.41, 5.74) is 0. The van der Waals surface area contributed by atoms with Gasteiger partial charge in [-0.1, -0.05) is 52.0 Å². The molecule has 0 aromatic heterocycles. The van der Waals surface area contributed by atoms with E-state index in [1.165, 1.54) is 51.0 Å². The van der Waals surface area contributed by atoms with E-state index in [9.17, 15) is 17.8 Å². The first-order valence-corrected chi connectivity index (χ1v) is 11.9. The molecule has 0 aliphatic heterocycles. The Morgan fingerprint density at radius 1 is 1.00 bits per heavy atom. The molecule has 0 aromatic rings. The number of quaternary nitrogens is 1. The summed E-state index contributed by atoms with van der Waals surface area (Å²) in [7, 11) is -0.342. The standard InChI is InChI=1S/C20H40N2O4S/c1-5-7-8-9-10-11-12-13-16-22(4,17-14-19-27(24,25)26)18-15-21(3)20(23)6-2/h6H,2,5,7-19H2,1,3-4H3. The number of unbranched alkanes of at least 4 members (excludes halogenated alkanes) is 7. The van der Waals surface area contributed by atoms with Gasteiger partial charge in [0.25, 0.3) is 0 Å². The Kier molecular flexibility index (Phi) is 13.6.